The second kappa shape index (κ2) is 9.02. The first kappa shape index (κ1) is 18.0. The highest BCUT2D eigenvalue weighted by Crippen LogP contribution is 2.29. The first-order valence-corrected chi connectivity index (χ1v) is 9.76. The monoisotopic (exact) mass is 338 g/mol. The minimum Gasteiger partial charge on any atom is -0.381 e. The lowest BCUT2D eigenvalue weighted by Crippen LogP contribution is -2.58. The molecule has 2 saturated heterocycles. The van der Waals surface area contributed by atoms with Gasteiger partial charge in [-0.1, -0.05) is 25.7 Å². The predicted molar refractivity (Wildman–Crippen MR) is 96.3 cm³/mol. The fraction of sp³-hybridized carbons (Fsp3) is 0.944. The SMILES string of the molecule is NC(=NCC1(N2CCOCC2)CCOCC1)NC1CCCCCC1. The van der Waals surface area contributed by atoms with E-state index >= 15 is 0 Å². The maximum atomic E-state index is 6.23. The predicted octanol–water partition coefficient (Wildman–Crippen LogP) is 1.49. The van der Waals surface area contributed by atoms with Gasteiger partial charge >= 0.3 is 0 Å². The first-order valence-electron chi connectivity index (χ1n) is 9.76. The molecular weight excluding hydrogens is 304 g/mol. The number of ether oxygens (including phenoxy) is 2. The summed E-state index contributed by atoms with van der Waals surface area (Å²) in [6, 6.07) is 0.505. The van der Waals surface area contributed by atoms with E-state index in [1.807, 2.05) is 0 Å². The molecule has 24 heavy (non-hydrogen) atoms. The topological polar surface area (TPSA) is 72.1 Å². The molecule has 0 spiro atoms. The Morgan fingerprint density at radius 3 is 2.29 bits per heavy atom. The molecule has 0 radical (unpaired) electrons. The molecule has 0 atom stereocenters. The largest absolute Gasteiger partial charge is 0.381 e. The smallest absolute Gasteiger partial charge is 0.188 e. The molecule has 0 aromatic rings. The fourth-order valence-corrected chi connectivity index (χ4v) is 4.27. The molecule has 6 heteroatoms. The number of hydrogen-bond acceptors (Lipinski definition) is 4. The average molecular weight is 338 g/mol. The summed E-state index contributed by atoms with van der Waals surface area (Å²) in [5, 5.41) is 3.47. The molecule has 6 nitrogen and oxygen atoms in total. The summed E-state index contributed by atoms with van der Waals surface area (Å²) in [5.41, 5.74) is 6.32. The summed E-state index contributed by atoms with van der Waals surface area (Å²) >= 11 is 0. The number of hydrogen-bond donors (Lipinski definition) is 2. The molecule has 0 amide bonds. The Hall–Kier alpha value is -0.850. The number of aliphatic imine (C=N–C) groups is 1. The summed E-state index contributed by atoms with van der Waals surface area (Å²) in [6.07, 6.45) is 9.84. The van der Waals surface area contributed by atoms with Gasteiger partial charge in [-0.05, 0) is 25.7 Å². The van der Waals surface area contributed by atoms with Crippen molar-refractivity contribution in [3.05, 3.63) is 0 Å². The number of nitrogens with one attached hydrogen (secondary N) is 1. The third-order valence-corrected chi connectivity index (χ3v) is 5.86. The first-order chi connectivity index (χ1) is 11.8. The van der Waals surface area contributed by atoms with E-state index < -0.39 is 0 Å². The Morgan fingerprint density at radius 1 is 1.00 bits per heavy atom. The Kier molecular flexibility index (Phi) is 6.75. The van der Waals surface area contributed by atoms with Crippen LogP contribution in [0, 0.1) is 0 Å². The van der Waals surface area contributed by atoms with Gasteiger partial charge in [-0.15, -0.1) is 0 Å². The van der Waals surface area contributed by atoms with Crippen LogP contribution in [-0.2, 0) is 9.47 Å². The van der Waals surface area contributed by atoms with E-state index in [4.69, 9.17) is 20.2 Å². The zero-order chi connectivity index (χ0) is 16.7. The lowest BCUT2D eigenvalue weighted by atomic mass is 9.87. The van der Waals surface area contributed by atoms with Crippen LogP contribution in [0.25, 0.3) is 0 Å². The van der Waals surface area contributed by atoms with Crippen molar-refractivity contribution in [2.75, 3.05) is 46.1 Å². The zero-order valence-corrected chi connectivity index (χ0v) is 15.0. The number of nitrogens with two attached hydrogens (primary N) is 1. The van der Waals surface area contributed by atoms with E-state index in [2.05, 4.69) is 10.2 Å². The molecule has 1 saturated carbocycles. The maximum Gasteiger partial charge on any atom is 0.188 e. The van der Waals surface area contributed by atoms with E-state index in [1.165, 1.54) is 38.5 Å². The third kappa shape index (κ3) is 4.83. The standard InChI is InChI=1S/C18H34N4O2/c19-17(21-16-5-3-1-2-4-6-16)20-15-18(7-11-23-12-8-18)22-9-13-24-14-10-22/h16H,1-15H2,(H3,19,20,21). The normalized spacial score (nSPS) is 27.6. The minimum atomic E-state index is 0.0950. The molecule has 0 aromatic carbocycles. The fourth-order valence-electron chi connectivity index (χ4n) is 4.27. The maximum absolute atomic E-state index is 6.23. The van der Waals surface area contributed by atoms with Crippen molar-refractivity contribution in [2.24, 2.45) is 10.7 Å². The van der Waals surface area contributed by atoms with Crippen LogP contribution in [0.15, 0.2) is 4.99 Å². The van der Waals surface area contributed by atoms with Gasteiger partial charge in [-0.2, -0.15) is 0 Å². The van der Waals surface area contributed by atoms with Crippen molar-refractivity contribution < 1.29 is 9.47 Å². The van der Waals surface area contributed by atoms with Crippen LogP contribution in [0.5, 0.6) is 0 Å². The van der Waals surface area contributed by atoms with Crippen molar-refractivity contribution in [2.45, 2.75) is 62.9 Å². The van der Waals surface area contributed by atoms with Crippen LogP contribution in [0.4, 0.5) is 0 Å². The highest BCUT2D eigenvalue weighted by molar-refractivity contribution is 5.78. The lowest BCUT2D eigenvalue weighted by molar-refractivity contribution is -0.0667. The molecule has 3 aliphatic rings. The van der Waals surface area contributed by atoms with Crippen LogP contribution < -0.4 is 11.1 Å². The van der Waals surface area contributed by atoms with Crippen molar-refractivity contribution in [1.29, 1.82) is 0 Å². The average Bonchev–Trinajstić information content (AvgIpc) is 2.90. The zero-order valence-electron chi connectivity index (χ0n) is 15.0. The van der Waals surface area contributed by atoms with E-state index in [9.17, 15) is 0 Å². The molecule has 0 bridgehead atoms. The van der Waals surface area contributed by atoms with Gasteiger partial charge in [0, 0.05) is 37.9 Å². The summed E-state index contributed by atoms with van der Waals surface area (Å²) in [4.78, 5) is 7.32. The van der Waals surface area contributed by atoms with Gasteiger partial charge < -0.3 is 20.5 Å². The Morgan fingerprint density at radius 2 is 1.62 bits per heavy atom. The highest BCUT2D eigenvalue weighted by Gasteiger charge is 2.39. The van der Waals surface area contributed by atoms with Gasteiger partial charge in [0.2, 0.25) is 0 Å². The number of nitrogens with zero attached hydrogens (tertiary/aromatic N) is 2. The number of rotatable bonds is 4. The van der Waals surface area contributed by atoms with Crippen molar-refractivity contribution in [3.63, 3.8) is 0 Å². The minimum absolute atomic E-state index is 0.0950. The van der Waals surface area contributed by atoms with E-state index in [1.54, 1.807) is 0 Å². The summed E-state index contributed by atoms with van der Waals surface area (Å²) in [6.45, 7) is 6.04. The molecular formula is C18H34N4O2. The van der Waals surface area contributed by atoms with Gasteiger partial charge in [0.05, 0.1) is 19.8 Å². The van der Waals surface area contributed by atoms with Gasteiger partial charge in [0.1, 0.15) is 0 Å². The molecule has 0 unspecified atom stereocenters. The Balaban J connectivity index is 1.59. The highest BCUT2D eigenvalue weighted by atomic mass is 16.5. The van der Waals surface area contributed by atoms with Crippen molar-refractivity contribution in [3.8, 4) is 0 Å². The second-order valence-corrected chi connectivity index (χ2v) is 7.47. The van der Waals surface area contributed by atoms with Gasteiger partial charge in [0.25, 0.3) is 0 Å². The third-order valence-electron chi connectivity index (χ3n) is 5.86. The summed E-state index contributed by atoms with van der Waals surface area (Å²) < 4.78 is 11.1. The molecule has 3 N–H and O–H groups in total. The summed E-state index contributed by atoms with van der Waals surface area (Å²) in [7, 11) is 0. The van der Waals surface area contributed by atoms with Gasteiger partial charge in [-0.3, -0.25) is 9.89 Å². The van der Waals surface area contributed by atoms with E-state index in [-0.39, 0.29) is 5.54 Å². The summed E-state index contributed by atoms with van der Waals surface area (Å²) in [5.74, 6) is 0.626. The molecule has 2 heterocycles. The van der Waals surface area contributed by atoms with Crippen LogP contribution >= 0.6 is 0 Å². The molecule has 3 fully saturated rings. The van der Waals surface area contributed by atoms with Crippen LogP contribution in [0.2, 0.25) is 0 Å². The molecule has 1 aliphatic carbocycles. The molecule has 138 valence electrons. The molecule has 2 aliphatic heterocycles. The van der Waals surface area contributed by atoms with E-state index in [0.29, 0.717) is 12.0 Å². The van der Waals surface area contributed by atoms with Crippen LogP contribution in [0.1, 0.15) is 51.4 Å². The lowest BCUT2D eigenvalue weighted by Gasteiger charge is -2.47. The van der Waals surface area contributed by atoms with E-state index in [0.717, 1.165) is 58.9 Å². The Bertz CT molecular complexity index is 396. The van der Waals surface area contributed by atoms with Gasteiger partial charge in [-0.25, -0.2) is 0 Å². The molecule has 0 aromatic heterocycles. The second-order valence-electron chi connectivity index (χ2n) is 7.47. The quantitative estimate of drug-likeness (QED) is 0.462. The van der Waals surface area contributed by atoms with Crippen molar-refractivity contribution >= 4 is 5.96 Å². The van der Waals surface area contributed by atoms with Crippen LogP contribution in [-0.4, -0.2) is 68.5 Å². The molecule has 3 rings (SSSR count). The van der Waals surface area contributed by atoms with Crippen molar-refractivity contribution in [1.82, 2.24) is 10.2 Å². The Labute approximate surface area is 146 Å². The van der Waals surface area contributed by atoms with Gasteiger partial charge in [0.15, 0.2) is 5.96 Å². The van der Waals surface area contributed by atoms with Crippen LogP contribution in [0.3, 0.4) is 0 Å². The number of guanidine groups is 1. The number of morpholine rings is 1.